The van der Waals surface area contributed by atoms with Gasteiger partial charge < -0.3 is 14.8 Å². The Kier molecular flexibility index (Phi) is 7.64. The molecule has 0 fully saturated rings. The van der Waals surface area contributed by atoms with Crippen molar-refractivity contribution < 1.29 is 22.7 Å². The third-order valence-corrected chi connectivity index (χ3v) is 7.53. The van der Waals surface area contributed by atoms with Gasteiger partial charge in [-0.15, -0.1) is 0 Å². The van der Waals surface area contributed by atoms with Crippen LogP contribution in [0, 0.1) is 6.92 Å². The number of amides is 1. The van der Waals surface area contributed by atoms with Gasteiger partial charge in [0.05, 0.1) is 4.90 Å². The zero-order valence-corrected chi connectivity index (χ0v) is 20.4. The van der Waals surface area contributed by atoms with Crippen LogP contribution in [0.5, 0.6) is 11.5 Å². The highest BCUT2D eigenvalue weighted by Gasteiger charge is 2.20. The lowest BCUT2D eigenvalue weighted by Gasteiger charge is -2.19. The molecule has 0 aromatic heterocycles. The Hall–Kier alpha value is -3.17. The number of benzene rings is 3. The van der Waals surface area contributed by atoms with Crippen LogP contribution in [0.3, 0.4) is 0 Å². The molecule has 2 N–H and O–H groups in total. The van der Waals surface area contributed by atoms with Crippen molar-refractivity contribution in [1.29, 1.82) is 0 Å². The van der Waals surface area contributed by atoms with Crippen molar-refractivity contribution in [3.63, 3.8) is 0 Å². The second-order valence-electron chi connectivity index (χ2n) is 7.79. The maximum atomic E-state index is 12.8. The lowest BCUT2D eigenvalue weighted by molar-refractivity contribution is 0.0956. The number of aryl methyl sites for hydroxylation is 1. The van der Waals surface area contributed by atoms with Gasteiger partial charge in [-0.1, -0.05) is 35.9 Å². The van der Waals surface area contributed by atoms with Crippen LogP contribution >= 0.6 is 11.8 Å². The van der Waals surface area contributed by atoms with Crippen LogP contribution < -0.4 is 19.5 Å². The van der Waals surface area contributed by atoms with E-state index < -0.39 is 10.0 Å². The van der Waals surface area contributed by atoms with Gasteiger partial charge >= 0.3 is 0 Å². The summed E-state index contributed by atoms with van der Waals surface area (Å²) in [5, 5.41) is 2.88. The molecule has 0 bridgehead atoms. The van der Waals surface area contributed by atoms with Gasteiger partial charge in [0.1, 0.15) is 13.2 Å². The second kappa shape index (κ2) is 10.8. The minimum Gasteiger partial charge on any atom is -0.486 e. The maximum Gasteiger partial charge on any atom is 0.262 e. The van der Waals surface area contributed by atoms with Crippen LogP contribution in [0.25, 0.3) is 0 Å². The third kappa shape index (κ3) is 6.24. The Labute approximate surface area is 203 Å². The first-order valence-electron chi connectivity index (χ1n) is 10.8. The fraction of sp³-hybridized carbons (Fsp3) is 0.240. The molecular formula is C25H26N2O5S2. The third-order valence-electron chi connectivity index (χ3n) is 5.12. The molecule has 0 saturated carbocycles. The molecule has 0 spiro atoms. The largest absolute Gasteiger partial charge is 0.486 e. The van der Waals surface area contributed by atoms with E-state index in [1.54, 1.807) is 36.0 Å². The Morgan fingerprint density at radius 2 is 1.74 bits per heavy atom. The van der Waals surface area contributed by atoms with Crippen molar-refractivity contribution in [2.75, 3.05) is 30.2 Å². The Morgan fingerprint density at radius 1 is 0.971 bits per heavy atom. The number of fused-ring (bicyclic) bond motifs is 1. The summed E-state index contributed by atoms with van der Waals surface area (Å²) in [6.07, 6.45) is 0. The molecule has 4 rings (SSSR count). The summed E-state index contributed by atoms with van der Waals surface area (Å²) in [6.45, 7) is 3.37. The van der Waals surface area contributed by atoms with Crippen LogP contribution in [0.1, 0.15) is 21.5 Å². The summed E-state index contributed by atoms with van der Waals surface area (Å²) in [4.78, 5) is 12.6. The van der Waals surface area contributed by atoms with Crippen molar-refractivity contribution in [2.45, 2.75) is 17.6 Å². The number of sulfonamides is 1. The molecule has 0 saturated heterocycles. The second-order valence-corrected chi connectivity index (χ2v) is 10.6. The lowest BCUT2D eigenvalue weighted by atomic mass is 10.2. The average Bonchev–Trinajstić information content (AvgIpc) is 2.84. The zero-order chi connectivity index (χ0) is 24.0. The standard InChI is InChI=1S/C25H26N2O5S2/c1-18-5-7-19(8-6-18)17-33-14-11-26-25(28)20-3-2-4-21(15-20)27-34(29,30)22-9-10-23-24(16-22)32-13-12-31-23/h2-10,15-16,27H,11-14,17H2,1H3,(H,26,28). The number of hydrogen-bond acceptors (Lipinski definition) is 6. The van der Waals surface area contributed by atoms with Crippen LogP contribution in [-0.2, 0) is 15.8 Å². The number of carbonyl (C=O) groups is 1. The van der Waals surface area contributed by atoms with E-state index in [-0.39, 0.29) is 10.8 Å². The lowest BCUT2D eigenvalue weighted by Crippen LogP contribution is -2.26. The fourth-order valence-electron chi connectivity index (χ4n) is 3.34. The maximum absolute atomic E-state index is 12.8. The SMILES string of the molecule is Cc1ccc(CSCCNC(=O)c2cccc(NS(=O)(=O)c3ccc4c(c3)OCCO4)c2)cc1. The number of hydrogen-bond donors (Lipinski definition) is 2. The summed E-state index contributed by atoms with van der Waals surface area (Å²) in [5.74, 6) is 2.31. The first-order valence-corrected chi connectivity index (χ1v) is 13.5. The number of anilines is 1. The van der Waals surface area contributed by atoms with E-state index >= 15 is 0 Å². The minimum absolute atomic E-state index is 0.0530. The molecule has 1 amide bonds. The predicted octanol–water partition coefficient (Wildman–Crippen LogP) is 4.23. The summed E-state index contributed by atoms with van der Waals surface area (Å²) in [6, 6.07) is 19.3. The zero-order valence-electron chi connectivity index (χ0n) is 18.7. The van der Waals surface area contributed by atoms with Crippen molar-refractivity contribution in [1.82, 2.24) is 5.32 Å². The first-order chi connectivity index (χ1) is 16.4. The first kappa shape index (κ1) is 24.0. The summed E-state index contributed by atoms with van der Waals surface area (Å²) >= 11 is 1.74. The molecular weight excluding hydrogens is 472 g/mol. The molecule has 34 heavy (non-hydrogen) atoms. The molecule has 3 aromatic carbocycles. The van der Waals surface area contributed by atoms with Gasteiger partial charge in [-0.25, -0.2) is 8.42 Å². The van der Waals surface area contributed by atoms with Crippen molar-refractivity contribution >= 4 is 33.4 Å². The van der Waals surface area contributed by atoms with Crippen LogP contribution in [0.2, 0.25) is 0 Å². The van der Waals surface area contributed by atoms with E-state index in [1.807, 2.05) is 0 Å². The van der Waals surface area contributed by atoms with Crippen molar-refractivity contribution in [3.8, 4) is 11.5 Å². The summed E-state index contributed by atoms with van der Waals surface area (Å²) in [7, 11) is -3.86. The molecule has 1 aliphatic rings. The van der Waals surface area contributed by atoms with Crippen LogP contribution in [0.4, 0.5) is 5.69 Å². The van der Waals surface area contributed by atoms with E-state index in [0.29, 0.717) is 42.5 Å². The summed E-state index contributed by atoms with van der Waals surface area (Å²) in [5.41, 5.74) is 3.17. The van der Waals surface area contributed by atoms with Gasteiger partial charge in [0.15, 0.2) is 11.5 Å². The molecule has 0 atom stereocenters. The highest BCUT2D eigenvalue weighted by molar-refractivity contribution is 7.98. The van der Waals surface area contributed by atoms with Gasteiger partial charge in [0, 0.05) is 35.4 Å². The number of carbonyl (C=O) groups excluding carboxylic acids is 1. The quantitative estimate of drug-likeness (QED) is 0.429. The van der Waals surface area contributed by atoms with E-state index in [2.05, 4.69) is 41.2 Å². The highest BCUT2D eigenvalue weighted by atomic mass is 32.2. The molecule has 178 valence electrons. The van der Waals surface area contributed by atoms with E-state index in [1.165, 1.54) is 29.3 Å². The van der Waals surface area contributed by atoms with Crippen molar-refractivity contribution in [2.24, 2.45) is 0 Å². The van der Waals surface area contributed by atoms with Gasteiger partial charge in [-0.3, -0.25) is 9.52 Å². The van der Waals surface area contributed by atoms with E-state index in [4.69, 9.17) is 9.47 Å². The Bertz CT molecular complexity index is 1260. The normalized spacial score (nSPS) is 12.7. The number of thioether (sulfide) groups is 1. The number of ether oxygens (including phenoxy) is 2. The number of nitrogens with one attached hydrogen (secondary N) is 2. The molecule has 0 radical (unpaired) electrons. The topological polar surface area (TPSA) is 93.7 Å². The smallest absolute Gasteiger partial charge is 0.262 e. The van der Waals surface area contributed by atoms with Gasteiger partial charge in [0.2, 0.25) is 0 Å². The number of rotatable bonds is 9. The Morgan fingerprint density at radius 3 is 2.53 bits per heavy atom. The monoisotopic (exact) mass is 498 g/mol. The predicted molar refractivity (Wildman–Crippen MR) is 134 cm³/mol. The van der Waals surface area contributed by atoms with Crippen LogP contribution in [-0.4, -0.2) is 39.8 Å². The van der Waals surface area contributed by atoms with Crippen LogP contribution in [0.15, 0.2) is 71.6 Å². The van der Waals surface area contributed by atoms with Crippen molar-refractivity contribution in [3.05, 3.63) is 83.4 Å². The van der Waals surface area contributed by atoms with E-state index in [0.717, 1.165) is 11.5 Å². The molecule has 1 heterocycles. The molecule has 0 aliphatic carbocycles. The minimum atomic E-state index is -3.86. The van der Waals surface area contributed by atoms with Gasteiger partial charge in [0.25, 0.3) is 15.9 Å². The average molecular weight is 499 g/mol. The highest BCUT2D eigenvalue weighted by Crippen LogP contribution is 2.32. The van der Waals surface area contributed by atoms with Gasteiger partial charge in [-0.2, -0.15) is 11.8 Å². The van der Waals surface area contributed by atoms with Gasteiger partial charge in [-0.05, 0) is 42.8 Å². The molecule has 0 unspecified atom stereocenters. The molecule has 1 aliphatic heterocycles. The molecule has 9 heteroatoms. The fourth-order valence-corrected chi connectivity index (χ4v) is 5.23. The van der Waals surface area contributed by atoms with E-state index in [9.17, 15) is 13.2 Å². The molecule has 3 aromatic rings. The summed E-state index contributed by atoms with van der Waals surface area (Å²) < 4.78 is 39.1. The Balaban J connectivity index is 1.31. The molecule has 7 nitrogen and oxygen atoms in total.